The van der Waals surface area contributed by atoms with E-state index in [-0.39, 0.29) is 16.9 Å². The minimum atomic E-state index is -0.0156. The number of likely N-dealkylation sites (N-methyl/N-ethyl adjacent to an activating group) is 1. The molecule has 194 valence electrons. The molecule has 2 bridgehead atoms. The second-order valence-electron chi connectivity index (χ2n) is 11.0. The van der Waals surface area contributed by atoms with Gasteiger partial charge in [0.05, 0.1) is 17.8 Å². The molecular formula is C26H39N9O. The highest BCUT2D eigenvalue weighted by atomic mass is 16.2. The van der Waals surface area contributed by atoms with Crippen molar-refractivity contribution in [2.24, 2.45) is 5.41 Å². The van der Waals surface area contributed by atoms with Gasteiger partial charge in [0.2, 0.25) is 5.91 Å². The Morgan fingerprint density at radius 3 is 2.56 bits per heavy atom. The van der Waals surface area contributed by atoms with Crippen molar-refractivity contribution in [3.63, 3.8) is 0 Å². The first-order valence-corrected chi connectivity index (χ1v) is 13.2. The maximum Gasteiger partial charge on any atom is 0.234 e. The van der Waals surface area contributed by atoms with Gasteiger partial charge in [-0.2, -0.15) is 5.10 Å². The van der Waals surface area contributed by atoms with Crippen LogP contribution in [0.15, 0.2) is 0 Å². The molecule has 0 saturated heterocycles. The largest absolute Gasteiger partial charge is 0.383 e. The molecule has 2 aromatic rings. The lowest BCUT2D eigenvalue weighted by atomic mass is 9.57. The van der Waals surface area contributed by atoms with Crippen molar-refractivity contribution >= 4 is 23.8 Å². The van der Waals surface area contributed by atoms with E-state index in [9.17, 15) is 4.79 Å². The Bertz CT molecular complexity index is 1150. The number of hydrogen-bond acceptors (Lipinski definition) is 8. The number of nitrogens with two attached hydrogens (primary N) is 1. The first kappa shape index (κ1) is 24.7. The van der Waals surface area contributed by atoms with Crippen LogP contribution < -0.4 is 21.3 Å². The quantitative estimate of drug-likeness (QED) is 0.414. The smallest absolute Gasteiger partial charge is 0.234 e. The summed E-state index contributed by atoms with van der Waals surface area (Å²) in [5.41, 5.74) is 10.6. The monoisotopic (exact) mass is 493 g/mol. The molecule has 3 heterocycles. The molecule has 0 radical (unpaired) electrons. The zero-order valence-corrected chi connectivity index (χ0v) is 21.8. The summed E-state index contributed by atoms with van der Waals surface area (Å²) >= 11 is 0. The van der Waals surface area contributed by atoms with E-state index in [4.69, 9.17) is 16.2 Å². The van der Waals surface area contributed by atoms with Crippen LogP contribution in [0.1, 0.15) is 73.8 Å². The third-order valence-corrected chi connectivity index (χ3v) is 8.67. The molecular weight excluding hydrogens is 454 g/mol. The van der Waals surface area contributed by atoms with Crippen molar-refractivity contribution in [3.8, 4) is 0 Å². The topological polar surface area (TPSA) is 138 Å². The van der Waals surface area contributed by atoms with Crippen LogP contribution in [0.25, 0.3) is 0 Å². The molecule has 6 rings (SSSR count). The van der Waals surface area contributed by atoms with Gasteiger partial charge in [-0.15, -0.1) is 0 Å². The van der Waals surface area contributed by atoms with Crippen LogP contribution in [0.2, 0.25) is 0 Å². The van der Waals surface area contributed by atoms with Gasteiger partial charge in [0.15, 0.2) is 0 Å². The summed E-state index contributed by atoms with van der Waals surface area (Å²) in [6, 6.07) is 0. The van der Waals surface area contributed by atoms with Gasteiger partial charge in [0.25, 0.3) is 0 Å². The highest BCUT2D eigenvalue weighted by Gasteiger charge is 2.49. The number of nitrogens with zero attached hydrogens (tertiary/aromatic N) is 5. The Labute approximate surface area is 212 Å². The van der Waals surface area contributed by atoms with Crippen LogP contribution in [-0.4, -0.2) is 57.0 Å². The number of fused-ring (bicyclic) bond motifs is 4. The third kappa shape index (κ3) is 4.47. The molecule has 4 aliphatic rings. The van der Waals surface area contributed by atoms with Crippen molar-refractivity contribution in [2.45, 2.75) is 84.3 Å². The van der Waals surface area contributed by atoms with Crippen LogP contribution in [0.3, 0.4) is 0 Å². The highest BCUT2D eigenvalue weighted by molar-refractivity contribution is 5.90. The molecule has 3 saturated carbocycles. The third-order valence-electron chi connectivity index (χ3n) is 8.67. The van der Waals surface area contributed by atoms with E-state index in [0.717, 1.165) is 76.1 Å². The number of nitrogens with one attached hydrogen (secondary N) is 3. The van der Waals surface area contributed by atoms with E-state index in [1.54, 1.807) is 0 Å². The van der Waals surface area contributed by atoms with Gasteiger partial charge in [0, 0.05) is 49.1 Å². The number of hydrogen-bond donors (Lipinski definition) is 4. The molecule has 0 spiro atoms. The van der Waals surface area contributed by atoms with E-state index >= 15 is 0 Å². The van der Waals surface area contributed by atoms with Crippen molar-refractivity contribution in [3.05, 3.63) is 28.3 Å². The molecule has 5 N–H and O–H groups in total. The highest BCUT2D eigenvalue weighted by Crippen LogP contribution is 2.53. The van der Waals surface area contributed by atoms with Crippen LogP contribution in [-0.2, 0) is 24.3 Å². The predicted octanol–water partition coefficient (Wildman–Crippen LogP) is 2.25. The zero-order chi connectivity index (χ0) is 25.5. The maximum atomic E-state index is 12.4. The van der Waals surface area contributed by atoms with Crippen molar-refractivity contribution < 1.29 is 4.79 Å². The van der Waals surface area contributed by atoms with Crippen LogP contribution in [0.5, 0.6) is 0 Å². The van der Waals surface area contributed by atoms with Crippen LogP contribution >= 0.6 is 0 Å². The standard InChI is InChI=1S/C26H39N9O/c1-4-29-14-22(36)32-26-9-6-25(7-10-26,8-11-26)16-35-21-5-12-34(15-20(21)17(2)33-35)24-19(13-27)23(28)30-18(3)31-24/h13,27,29H,4-12,14-16H2,1-3H3,(H,32,36)(H2,28,30,31). The lowest BCUT2D eigenvalue weighted by Crippen LogP contribution is -2.58. The normalized spacial score (nSPS) is 25.0. The molecule has 2 aromatic heterocycles. The summed E-state index contributed by atoms with van der Waals surface area (Å²) in [4.78, 5) is 23.4. The fraction of sp³-hybridized carbons (Fsp3) is 0.654. The Morgan fingerprint density at radius 1 is 1.17 bits per heavy atom. The zero-order valence-electron chi connectivity index (χ0n) is 21.8. The molecule has 36 heavy (non-hydrogen) atoms. The van der Waals surface area contributed by atoms with Gasteiger partial charge in [-0.1, -0.05) is 6.92 Å². The van der Waals surface area contributed by atoms with Gasteiger partial charge >= 0.3 is 0 Å². The number of aromatic nitrogens is 4. The fourth-order valence-electron chi connectivity index (χ4n) is 6.53. The first-order valence-electron chi connectivity index (χ1n) is 13.2. The molecule has 3 aliphatic carbocycles. The molecule has 0 unspecified atom stereocenters. The van der Waals surface area contributed by atoms with Gasteiger partial charge in [-0.3, -0.25) is 9.48 Å². The Balaban J connectivity index is 1.29. The van der Waals surface area contributed by atoms with E-state index in [0.29, 0.717) is 30.3 Å². The lowest BCUT2D eigenvalue weighted by molar-refractivity contribution is -0.124. The Morgan fingerprint density at radius 2 is 1.89 bits per heavy atom. The number of anilines is 2. The van der Waals surface area contributed by atoms with E-state index < -0.39 is 0 Å². The predicted molar refractivity (Wildman–Crippen MR) is 140 cm³/mol. The first-order chi connectivity index (χ1) is 17.3. The number of nitrogen functional groups attached to an aromatic ring is 1. The summed E-state index contributed by atoms with van der Waals surface area (Å²) in [6.07, 6.45) is 8.72. The molecule has 10 heteroatoms. The minimum absolute atomic E-state index is 0.0156. The van der Waals surface area contributed by atoms with E-state index in [1.807, 2.05) is 13.8 Å². The average Bonchev–Trinajstić information content (AvgIpc) is 3.17. The SMILES string of the molecule is CCNCC(=O)NC12CCC(Cn3nc(C)c4c3CCN(c3nc(C)nc(N)c3C=N)C4)(CC1)CC2. The van der Waals surface area contributed by atoms with Gasteiger partial charge < -0.3 is 26.7 Å². The van der Waals surface area contributed by atoms with Gasteiger partial charge in [0.1, 0.15) is 17.5 Å². The van der Waals surface area contributed by atoms with Crippen molar-refractivity contribution in [1.82, 2.24) is 30.4 Å². The lowest BCUT2D eigenvalue weighted by Gasteiger charge is -2.53. The Kier molecular flexibility index (Phi) is 6.48. The summed E-state index contributed by atoms with van der Waals surface area (Å²) in [5, 5.41) is 19.3. The van der Waals surface area contributed by atoms with Crippen LogP contribution in [0, 0.1) is 24.7 Å². The molecule has 10 nitrogen and oxygen atoms in total. The average molecular weight is 494 g/mol. The molecule has 1 aliphatic heterocycles. The summed E-state index contributed by atoms with van der Waals surface area (Å²) in [5.74, 6) is 1.83. The molecule has 0 aromatic carbocycles. The maximum absolute atomic E-state index is 12.4. The minimum Gasteiger partial charge on any atom is -0.383 e. The van der Waals surface area contributed by atoms with Crippen molar-refractivity contribution in [2.75, 3.05) is 30.3 Å². The number of aryl methyl sites for hydroxylation is 2. The molecule has 1 amide bonds. The molecule has 3 fully saturated rings. The number of carbonyl (C=O) groups excluding carboxylic acids is 1. The van der Waals surface area contributed by atoms with E-state index in [2.05, 4.69) is 37.1 Å². The number of amides is 1. The second-order valence-corrected chi connectivity index (χ2v) is 11.0. The summed E-state index contributed by atoms with van der Waals surface area (Å²) in [6.45, 7) is 9.65. The molecule has 0 atom stereocenters. The van der Waals surface area contributed by atoms with Gasteiger partial charge in [-0.25, -0.2) is 9.97 Å². The fourth-order valence-corrected chi connectivity index (χ4v) is 6.53. The number of rotatable bonds is 8. The summed E-state index contributed by atoms with van der Waals surface area (Å²) in [7, 11) is 0. The van der Waals surface area contributed by atoms with Crippen molar-refractivity contribution in [1.29, 1.82) is 5.41 Å². The van der Waals surface area contributed by atoms with Crippen LogP contribution in [0.4, 0.5) is 11.6 Å². The number of carbonyl (C=O) groups is 1. The van der Waals surface area contributed by atoms with E-state index in [1.165, 1.54) is 17.5 Å². The summed E-state index contributed by atoms with van der Waals surface area (Å²) < 4.78 is 2.28. The van der Waals surface area contributed by atoms with Gasteiger partial charge in [-0.05, 0) is 64.3 Å². The Hall–Kier alpha value is -3.01. The second kappa shape index (κ2) is 9.46.